The average molecular weight is 380 g/mol. The predicted molar refractivity (Wildman–Crippen MR) is 104 cm³/mol. The Morgan fingerprint density at radius 2 is 1.96 bits per heavy atom. The van der Waals surface area contributed by atoms with Crippen LogP contribution in [-0.2, 0) is 0 Å². The van der Waals surface area contributed by atoms with Gasteiger partial charge >= 0.3 is 0 Å². The van der Waals surface area contributed by atoms with E-state index < -0.39 is 4.92 Å². The summed E-state index contributed by atoms with van der Waals surface area (Å²) in [6.07, 6.45) is 1.73. The molecular formula is C19H16N4O3S. The molecule has 1 aliphatic rings. The van der Waals surface area contributed by atoms with Gasteiger partial charge in [-0.2, -0.15) is 0 Å². The second-order valence-electron chi connectivity index (χ2n) is 6.21. The van der Waals surface area contributed by atoms with Crippen molar-refractivity contribution in [3.05, 3.63) is 82.4 Å². The lowest BCUT2D eigenvalue weighted by molar-refractivity contribution is -0.384. The molecule has 0 unspecified atom stereocenters. The Morgan fingerprint density at radius 3 is 2.70 bits per heavy atom. The molecule has 8 heteroatoms. The fourth-order valence-electron chi connectivity index (χ4n) is 3.31. The number of hydrogen-bond acceptors (Lipinski definition) is 5. The maximum absolute atomic E-state index is 11.3. The SMILES string of the molecule is CN1C(=S)N[C@H](c2ccccn2)[C@H]1c1ccc(-c2ccccc2[N+](=O)[O-])o1. The van der Waals surface area contributed by atoms with Crippen LogP contribution < -0.4 is 5.32 Å². The Hall–Kier alpha value is -3.26. The van der Waals surface area contributed by atoms with Crippen LogP contribution in [0, 0.1) is 10.1 Å². The van der Waals surface area contributed by atoms with Crippen molar-refractivity contribution in [2.45, 2.75) is 12.1 Å². The van der Waals surface area contributed by atoms with Crippen LogP contribution in [0.15, 0.2) is 65.2 Å². The normalized spacial score (nSPS) is 19.1. The van der Waals surface area contributed by atoms with Crippen LogP contribution in [0.25, 0.3) is 11.3 Å². The van der Waals surface area contributed by atoms with Crippen LogP contribution in [0.3, 0.4) is 0 Å². The summed E-state index contributed by atoms with van der Waals surface area (Å²) in [5.41, 5.74) is 1.30. The maximum atomic E-state index is 11.3. The first-order valence-electron chi connectivity index (χ1n) is 8.34. The van der Waals surface area contributed by atoms with Crippen molar-refractivity contribution in [3.8, 4) is 11.3 Å². The van der Waals surface area contributed by atoms with Crippen LogP contribution in [-0.4, -0.2) is 27.0 Å². The number of para-hydroxylation sites is 1. The molecule has 1 aliphatic heterocycles. The topological polar surface area (TPSA) is 84.4 Å². The molecule has 1 aromatic carbocycles. The highest BCUT2D eigenvalue weighted by molar-refractivity contribution is 7.80. The molecule has 7 nitrogen and oxygen atoms in total. The van der Waals surface area contributed by atoms with Crippen molar-refractivity contribution in [2.24, 2.45) is 0 Å². The minimum Gasteiger partial charge on any atom is -0.459 e. The molecule has 0 bridgehead atoms. The first kappa shape index (κ1) is 17.2. The zero-order valence-electron chi connectivity index (χ0n) is 14.4. The van der Waals surface area contributed by atoms with E-state index >= 15 is 0 Å². The van der Waals surface area contributed by atoms with Crippen molar-refractivity contribution in [3.63, 3.8) is 0 Å². The Bertz CT molecular complexity index is 1000. The smallest absolute Gasteiger partial charge is 0.280 e. The van der Waals surface area contributed by atoms with E-state index in [1.54, 1.807) is 30.5 Å². The second kappa shape index (κ2) is 6.81. The summed E-state index contributed by atoms with van der Waals surface area (Å²) < 4.78 is 6.04. The van der Waals surface area contributed by atoms with E-state index in [0.29, 0.717) is 22.2 Å². The summed E-state index contributed by atoms with van der Waals surface area (Å²) in [6.45, 7) is 0. The number of furan rings is 1. The number of aromatic nitrogens is 1. The highest BCUT2D eigenvalue weighted by Crippen LogP contribution is 2.40. The molecule has 27 heavy (non-hydrogen) atoms. The monoisotopic (exact) mass is 380 g/mol. The van der Waals surface area contributed by atoms with Gasteiger partial charge in [0.25, 0.3) is 5.69 Å². The number of thiocarbonyl (C=S) groups is 1. The van der Waals surface area contributed by atoms with E-state index in [4.69, 9.17) is 16.6 Å². The summed E-state index contributed by atoms with van der Waals surface area (Å²) in [4.78, 5) is 17.2. The molecule has 0 aliphatic carbocycles. The third-order valence-electron chi connectivity index (χ3n) is 4.62. The number of nitrogens with one attached hydrogen (secondary N) is 1. The quantitative estimate of drug-likeness (QED) is 0.418. The van der Waals surface area contributed by atoms with Crippen LogP contribution in [0.2, 0.25) is 0 Å². The van der Waals surface area contributed by atoms with Gasteiger partial charge in [-0.15, -0.1) is 0 Å². The van der Waals surface area contributed by atoms with Crippen molar-refractivity contribution in [1.29, 1.82) is 0 Å². The van der Waals surface area contributed by atoms with E-state index in [1.165, 1.54) is 6.07 Å². The highest BCUT2D eigenvalue weighted by atomic mass is 32.1. The van der Waals surface area contributed by atoms with Gasteiger partial charge in [0.05, 0.1) is 22.2 Å². The molecule has 3 heterocycles. The molecule has 2 aromatic heterocycles. The van der Waals surface area contributed by atoms with Gasteiger partial charge in [-0.05, 0) is 42.5 Å². The van der Waals surface area contributed by atoms with E-state index in [2.05, 4.69) is 10.3 Å². The Morgan fingerprint density at radius 1 is 1.19 bits per heavy atom. The van der Waals surface area contributed by atoms with Crippen LogP contribution >= 0.6 is 12.2 Å². The summed E-state index contributed by atoms with van der Waals surface area (Å²) in [6, 6.07) is 15.4. The van der Waals surface area contributed by atoms with Gasteiger partial charge in [0.15, 0.2) is 5.11 Å². The number of nitrogens with zero attached hydrogens (tertiary/aromatic N) is 3. The molecule has 0 radical (unpaired) electrons. The second-order valence-corrected chi connectivity index (χ2v) is 6.60. The molecule has 0 amide bonds. The van der Waals surface area contributed by atoms with Crippen LogP contribution in [0.4, 0.5) is 5.69 Å². The minimum absolute atomic E-state index is 0.00750. The number of benzene rings is 1. The molecule has 4 rings (SSSR count). The molecule has 1 fully saturated rings. The molecule has 1 N–H and O–H groups in total. The van der Waals surface area contributed by atoms with Gasteiger partial charge < -0.3 is 14.6 Å². The third-order valence-corrected chi connectivity index (χ3v) is 5.03. The van der Waals surface area contributed by atoms with Crippen molar-refractivity contribution < 1.29 is 9.34 Å². The van der Waals surface area contributed by atoms with Gasteiger partial charge in [-0.25, -0.2) is 0 Å². The summed E-state index contributed by atoms with van der Waals surface area (Å²) in [5.74, 6) is 1.11. The van der Waals surface area contributed by atoms with Gasteiger partial charge in [-0.3, -0.25) is 15.1 Å². The lowest BCUT2D eigenvalue weighted by atomic mass is 10.0. The number of nitro groups is 1. The molecule has 3 aromatic rings. The molecule has 1 saturated heterocycles. The molecule has 2 atom stereocenters. The number of rotatable bonds is 4. The number of likely N-dealkylation sites (N-methyl/N-ethyl adjacent to an activating group) is 1. The van der Waals surface area contributed by atoms with Gasteiger partial charge in [0.1, 0.15) is 17.6 Å². The molecular weight excluding hydrogens is 364 g/mol. The van der Waals surface area contributed by atoms with Crippen molar-refractivity contribution in [1.82, 2.24) is 15.2 Å². The maximum Gasteiger partial charge on any atom is 0.280 e. The van der Waals surface area contributed by atoms with Gasteiger partial charge in [0.2, 0.25) is 0 Å². The molecule has 136 valence electrons. The Kier molecular flexibility index (Phi) is 4.33. The number of nitro benzene ring substituents is 1. The van der Waals surface area contributed by atoms with E-state index in [9.17, 15) is 10.1 Å². The van der Waals surface area contributed by atoms with E-state index in [-0.39, 0.29) is 17.8 Å². The predicted octanol–water partition coefficient (Wildman–Crippen LogP) is 3.85. The van der Waals surface area contributed by atoms with E-state index in [0.717, 1.165) is 5.69 Å². The highest BCUT2D eigenvalue weighted by Gasteiger charge is 2.39. The Balaban J connectivity index is 1.74. The van der Waals surface area contributed by atoms with Gasteiger partial charge in [0, 0.05) is 19.3 Å². The summed E-state index contributed by atoms with van der Waals surface area (Å²) >= 11 is 5.41. The summed E-state index contributed by atoms with van der Waals surface area (Å²) in [7, 11) is 1.89. The lowest BCUT2D eigenvalue weighted by Crippen LogP contribution is -2.24. The van der Waals surface area contributed by atoms with Gasteiger partial charge in [-0.1, -0.05) is 18.2 Å². The number of pyridine rings is 1. The first-order valence-corrected chi connectivity index (χ1v) is 8.75. The van der Waals surface area contributed by atoms with Crippen LogP contribution in [0.1, 0.15) is 23.5 Å². The fourth-order valence-corrected chi connectivity index (χ4v) is 3.55. The fraction of sp³-hybridized carbons (Fsp3) is 0.158. The largest absolute Gasteiger partial charge is 0.459 e. The standard InChI is InChI=1S/C19H16N4O3S/c1-22-18(17(21-19(22)27)13-7-4-5-11-20-13)16-10-9-15(26-16)12-6-2-3-8-14(12)23(24)25/h2-11,17-18H,1H3,(H,21,27)/t17-,18-/m1/s1. The van der Waals surface area contributed by atoms with Crippen molar-refractivity contribution in [2.75, 3.05) is 7.05 Å². The zero-order valence-corrected chi connectivity index (χ0v) is 15.2. The zero-order chi connectivity index (χ0) is 19.0. The number of hydrogen-bond donors (Lipinski definition) is 1. The lowest BCUT2D eigenvalue weighted by Gasteiger charge is -2.21. The minimum atomic E-state index is -0.410. The average Bonchev–Trinajstić information content (AvgIpc) is 3.27. The third kappa shape index (κ3) is 3.04. The van der Waals surface area contributed by atoms with Crippen molar-refractivity contribution >= 4 is 23.0 Å². The summed E-state index contributed by atoms with van der Waals surface area (Å²) in [5, 5.41) is 15.2. The van der Waals surface area contributed by atoms with E-state index in [1.807, 2.05) is 36.2 Å². The first-order chi connectivity index (χ1) is 13.1. The molecule has 0 saturated carbocycles. The molecule has 0 spiro atoms. The Labute approximate surface area is 160 Å². The van der Waals surface area contributed by atoms with Crippen LogP contribution in [0.5, 0.6) is 0 Å².